The van der Waals surface area contributed by atoms with Crippen molar-refractivity contribution in [3.05, 3.63) is 21.9 Å². The van der Waals surface area contributed by atoms with Crippen molar-refractivity contribution in [3.63, 3.8) is 0 Å². The smallest absolute Gasteiger partial charge is 0.261 e. The number of nitrogens with one attached hydrogen (secondary N) is 1. The van der Waals surface area contributed by atoms with E-state index in [1.807, 2.05) is 12.1 Å². The van der Waals surface area contributed by atoms with E-state index in [0.717, 1.165) is 22.6 Å². The Hall–Kier alpha value is -1.31. The molecular weight excluding hydrogens is 268 g/mol. The minimum Gasteiger partial charge on any atom is -0.349 e. The van der Waals surface area contributed by atoms with Gasteiger partial charge in [0, 0.05) is 6.04 Å². The highest BCUT2D eigenvalue weighted by Crippen LogP contribution is 2.35. The van der Waals surface area contributed by atoms with Crippen molar-refractivity contribution in [1.29, 1.82) is 0 Å². The molecular formula is C16H22N2OS. The average Bonchev–Trinajstić information content (AvgIpc) is 2.88. The van der Waals surface area contributed by atoms with Crippen LogP contribution < -0.4 is 11.1 Å². The van der Waals surface area contributed by atoms with E-state index in [1.54, 1.807) is 0 Å². The van der Waals surface area contributed by atoms with Crippen LogP contribution in [0.4, 0.5) is 0 Å². The third kappa shape index (κ3) is 4.09. The number of carbonyl (C=O) groups excluding carboxylic acids is 1. The minimum atomic E-state index is 0.0282. The lowest BCUT2D eigenvalue weighted by molar-refractivity contribution is 0.0913. The van der Waals surface area contributed by atoms with Gasteiger partial charge in [0.1, 0.15) is 0 Å². The topological polar surface area (TPSA) is 55.1 Å². The first-order chi connectivity index (χ1) is 9.50. The van der Waals surface area contributed by atoms with E-state index in [0.29, 0.717) is 18.0 Å². The van der Waals surface area contributed by atoms with Crippen LogP contribution in [-0.4, -0.2) is 18.5 Å². The quantitative estimate of drug-likeness (QED) is 0.823. The fourth-order valence-corrected chi connectivity index (χ4v) is 3.25. The van der Waals surface area contributed by atoms with Crippen molar-refractivity contribution in [2.45, 2.75) is 45.6 Å². The number of nitrogens with two attached hydrogens (primary N) is 1. The van der Waals surface area contributed by atoms with Gasteiger partial charge in [0.15, 0.2) is 0 Å². The van der Waals surface area contributed by atoms with Gasteiger partial charge in [-0.25, -0.2) is 0 Å². The second-order valence-corrected chi connectivity index (χ2v) is 7.17. The molecule has 1 amide bonds. The van der Waals surface area contributed by atoms with E-state index >= 15 is 0 Å². The number of carbonyl (C=O) groups is 1. The first kappa shape index (κ1) is 15.1. The SMILES string of the molecule is CC1(C)CCC(NC(=O)c2ccc(C#CCN)s2)CC1. The van der Waals surface area contributed by atoms with Crippen molar-refractivity contribution in [3.8, 4) is 11.8 Å². The monoisotopic (exact) mass is 290 g/mol. The molecule has 0 spiro atoms. The van der Waals surface area contributed by atoms with Gasteiger partial charge in [-0.05, 0) is 43.2 Å². The van der Waals surface area contributed by atoms with E-state index < -0.39 is 0 Å². The normalized spacial score (nSPS) is 18.1. The minimum absolute atomic E-state index is 0.0282. The van der Waals surface area contributed by atoms with Crippen LogP contribution in [0, 0.1) is 17.3 Å². The van der Waals surface area contributed by atoms with Crippen LogP contribution in [0.25, 0.3) is 0 Å². The molecule has 1 aromatic heterocycles. The van der Waals surface area contributed by atoms with Crippen LogP contribution in [0.1, 0.15) is 54.1 Å². The summed E-state index contributed by atoms with van der Waals surface area (Å²) in [5.74, 6) is 5.79. The number of amides is 1. The summed E-state index contributed by atoms with van der Waals surface area (Å²) in [7, 11) is 0. The first-order valence-corrected chi connectivity index (χ1v) is 7.91. The largest absolute Gasteiger partial charge is 0.349 e. The summed E-state index contributed by atoms with van der Waals surface area (Å²) < 4.78 is 0. The van der Waals surface area contributed by atoms with Crippen molar-refractivity contribution in [2.75, 3.05) is 6.54 Å². The predicted molar refractivity (Wildman–Crippen MR) is 83.8 cm³/mol. The Bertz CT molecular complexity index is 526. The van der Waals surface area contributed by atoms with Gasteiger partial charge in [0.05, 0.1) is 16.3 Å². The van der Waals surface area contributed by atoms with Gasteiger partial charge in [-0.2, -0.15) is 0 Å². The van der Waals surface area contributed by atoms with Crippen LogP contribution in [0.15, 0.2) is 12.1 Å². The van der Waals surface area contributed by atoms with Gasteiger partial charge in [-0.3, -0.25) is 4.79 Å². The summed E-state index contributed by atoms with van der Waals surface area (Å²) in [6.07, 6.45) is 4.50. The Kier molecular flexibility index (Phi) is 4.85. The van der Waals surface area contributed by atoms with Crippen molar-refractivity contribution < 1.29 is 4.79 Å². The molecule has 0 aliphatic heterocycles. The number of rotatable bonds is 2. The fourth-order valence-electron chi connectivity index (χ4n) is 2.47. The standard InChI is InChI=1S/C16H22N2OS/c1-16(2)9-7-12(8-10-16)18-15(19)14-6-5-13(20-14)4-3-11-17/h5-6,12H,7-11,17H2,1-2H3,(H,18,19). The lowest BCUT2D eigenvalue weighted by Gasteiger charge is -2.34. The molecule has 1 fully saturated rings. The second kappa shape index (κ2) is 6.43. The lowest BCUT2D eigenvalue weighted by Crippen LogP contribution is -2.38. The molecule has 0 unspecified atom stereocenters. The predicted octanol–water partition coefficient (Wildman–Crippen LogP) is 2.76. The first-order valence-electron chi connectivity index (χ1n) is 7.10. The Balaban J connectivity index is 1.90. The molecule has 3 nitrogen and oxygen atoms in total. The van der Waals surface area contributed by atoms with Gasteiger partial charge in [0.2, 0.25) is 0 Å². The Morgan fingerprint density at radius 2 is 2.15 bits per heavy atom. The van der Waals surface area contributed by atoms with Crippen LogP contribution >= 0.6 is 11.3 Å². The summed E-state index contributed by atoms with van der Waals surface area (Å²) in [6.45, 7) is 4.94. The highest BCUT2D eigenvalue weighted by Gasteiger charge is 2.27. The summed E-state index contributed by atoms with van der Waals surface area (Å²) in [5.41, 5.74) is 5.77. The molecule has 0 bridgehead atoms. The maximum absolute atomic E-state index is 12.2. The summed E-state index contributed by atoms with van der Waals surface area (Å²) in [6, 6.07) is 4.04. The van der Waals surface area contributed by atoms with Gasteiger partial charge >= 0.3 is 0 Å². The number of hydrogen-bond acceptors (Lipinski definition) is 3. The van der Waals surface area contributed by atoms with Gasteiger partial charge in [0.25, 0.3) is 5.91 Å². The Morgan fingerprint density at radius 3 is 2.80 bits per heavy atom. The lowest BCUT2D eigenvalue weighted by atomic mass is 9.75. The molecule has 1 heterocycles. The van der Waals surface area contributed by atoms with E-state index in [-0.39, 0.29) is 5.91 Å². The molecule has 1 aliphatic carbocycles. The number of thiophene rings is 1. The molecule has 20 heavy (non-hydrogen) atoms. The molecule has 3 N–H and O–H groups in total. The highest BCUT2D eigenvalue weighted by molar-refractivity contribution is 7.14. The molecule has 0 atom stereocenters. The van der Waals surface area contributed by atoms with E-state index in [4.69, 9.17) is 5.73 Å². The number of hydrogen-bond donors (Lipinski definition) is 2. The summed E-state index contributed by atoms with van der Waals surface area (Å²) >= 11 is 1.43. The third-order valence-electron chi connectivity index (χ3n) is 3.82. The van der Waals surface area contributed by atoms with Crippen molar-refractivity contribution >= 4 is 17.2 Å². The maximum Gasteiger partial charge on any atom is 0.261 e. The molecule has 0 aromatic carbocycles. The maximum atomic E-state index is 12.2. The molecule has 2 rings (SSSR count). The Morgan fingerprint density at radius 1 is 1.45 bits per heavy atom. The second-order valence-electron chi connectivity index (χ2n) is 6.08. The van der Waals surface area contributed by atoms with Crippen LogP contribution in [-0.2, 0) is 0 Å². The summed E-state index contributed by atoms with van der Waals surface area (Å²) in [5, 5.41) is 3.14. The van der Waals surface area contributed by atoms with Crippen LogP contribution in [0.5, 0.6) is 0 Å². The molecule has 0 saturated heterocycles. The van der Waals surface area contributed by atoms with Crippen molar-refractivity contribution in [2.24, 2.45) is 11.1 Å². The average molecular weight is 290 g/mol. The van der Waals surface area contributed by atoms with E-state index in [9.17, 15) is 4.79 Å². The zero-order valence-electron chi connectivity index (χ0n) is 12.2. The van der Waals surface area contributed by atoms with Crippen LogP contribution in [0.2, 0.25) is 0 Å². The molecule has 1 saturated carbocycles. The summed E-state index contributed by atoms with van der Waals surface area (Å²) in [4.78, 5) is 13.8. The highest BCUT2D eigenvalue weighted by atomic mass is 32.1. The molecule has 1 aromatic rings. The molecule has 108 valence electrons. The van der Waals surface area contributed by atoms with Gasteiger partial charge in [-0.1, -0.05) is 25.7 Å². The third-order valence-corrected chi connectivity index (χ3v) is 4.82. The molecule has 4 heteroatoms. The zero-order chi connectivity index (χ0) is 14.6. The van der Waals surface area contributed by atoms with Gasteiger partial charge in [-0.15, -0.1) is 11.3 Å². The fraction of sp³-hybridized carbons (Fsp3) is 0.562. The molecule has 1 aliphatic rings. The van der Waals surface area contributed by atoms with Gasteiger partial charge < -0.3 is 11.1 Å². The zero-order valence-corrected chi connectivity index (χ0v) is 13.0. The van der Waals surface area contributed by atoms with Crippen molar-refractivity contribution in [1.82, 2.24) is 5.32 Å². The van der Waals surface area contributed by atoms with E-state index in [2.05, 4.69) is 31.0 Å². The Labute approximate surface area is 124 Å². The van der Waals surface area contributed by atoms with E-state index in [1.165, 1.54) is 24.2 Å². The molecule has 0 radical (unpaired) electrons. The van der Waals surface area contributed by atoms with Crippen LogP contribution in [0.3, 0.4) is 0 Å².